The van der Waals surface area contributed by atoms with Crippen LogP contribution in [-0.4, -0.2) is 31.0 Å². The molecular formula is C22H28N3O3+. The van der Waals surface area contributed by atoms with E-state index in [0.29, 0.717) is 18.0 Å². The lowest BCUT2D eigenvalue weighted by atomic mass is 10.1. The first kappa shape index (κ1) is 19.9. The van der Waals surface area contributed by atoms with Crippen molar-refractivity contribution in [3.63, 3.8) is 0 Å². The SMILES string of the molecule is CC[NH+](CC)Cc1ccc(CNC(=O)C[C@@H]2Oc3ccccc3NC2=O)cc1. The Bertz CT molecular complexity index is 816. The second-order valence-corrected chi connectivity index (χ2v) is 7.02. The van der Waals surface area contributed by atoms with Gasteiger partial charge in [-0.05, 0) is 31.5 Å². The first-order chi connectivity index (χ1) is 13.6. The van der Waals surface area contributed by atoms with E-state index in [4.69, 9.17) is 4.74 Å². The number of amides is 2. The number of hydrogen-bond donors (Lipinski definition) is 3. The van der Waals surface area contributed by atoms with Crippen LogP contribution in [0.25, 0.3) is 0 Å². The summed E-state index contributed by atoms with van der Waals surface area (Å²) in [5, 5.41) is 5.64. The van der Waals surface area contributed by atoms with E-state index in [-0.39, 0.29) is 18.2 Å². The van der Waals surface area contributed by atoms with Gasteiger partial charge in [-0.1, -0.05) is 36.4 Å². The Balaban J connectivity index is 1.49. The van der Waals surface area contributed by atoms with Crippen molar-refractivity contribution in [2.75, 3.05) is 18.4 Å². The molecule has 6 heteroatoms. The van der Waals surface area contributed by atoms with Gasteiger partial charge in [0.15, 0.2) is 6.10 Å². The van der Waals surface area contributed by atoms with Crippen molar-refractivity contribution >= 4 is 17.5 Å². The van der Waals surface area contributed by atoms with E-state index in [1.165, 1.54) is 10.5 Å². The van der Waals surface area contributed by atoms with Crippen molar-refractivity contribution in [3.8, 4) is 5.75 Å². The summed E-state index contributed by atoms with van der Waals surface area (Å²) < 4.78 is 5.67. The fraction of sp³-hybridized carbons (Fsp3) is 0.364. The molecule has 28 heavy (non-hydrogen) atoms. The maximum atomic E-state index is 12.3. The van der Waals surface area contributed by atoms with E-state index in [1.807, 2.05) is 24.3 Å². The lowest BCUT2D eigenvalue weighted by Gasteiger charge is -2.25. The van der Waals surface area contributed by atoms with E-state index >= 15 is 0 Å². The Kier molecular flexibility index (Phi) is 6.66. The Morgan fingerprint density at radius 3 is 2.46 bits per heavy atom. The first-order valence-electron chi connectivity index (χ1n) is 9.83. The highest BCUT2D eigenvalue weighted by Crippen LogP contribution is 2.29. The zero-order chi connectivity index (χ0) is 19.9. The number of benzene rings is 2. The monoisotopic (exact) mass is 382 g/mol. The Morgan fingerprint density at radius 2 is 1.75 bits per heavy atom. The summed E-state index contributed by atoms with van der Waals surface area (Å²) in [6, 6.07) is 15.5. The van der Waals surface area contributed by atoms with Crippen molar-refractivity contribution in [1.29, 1.82) is 0 Å². The molecule has 1 aliphatic rings. The van der Waals surface area contributed by atoms with Crippen LogP contribution in [0.2, 0.25) is 0 Å². The molecule has 148 valence electrons. The van der Waals surface area contributed by atoms with Gasteiger partial charge in [0.25, 0.3) is 5.91 Å². The van der Waals surface area contributed by atoms with Crippen LogP contribution in [0.3, 0.4) is 0 Å². The molecule has 0 fully saturated rings. The molecule has 2 aromatic carbocycles. The summed E-state index contributed by atoms with van der Waals surface area (Å²) in [5.74, 6) is 0.0825. The maximum absolute atomic E-state index is 12.3. The van der Waals surface area contributed by atoms with Crippen molar-refractivity contribution in [1.82, 2.24) is 5.32 Å². The van der Waals surface area contributed by atoms with Gasteiger partial charge in [0, 0.05) is 12.1 Å². The number of ether oxygens (including phenoxy) is 1. The number of para-hydroxylation sites is 2. The molecule has 1 heterocycles. The molecule has 0 saturated carbocycles. The number of hydrogen-bond acceptors (Lipinski definition) is 3. The van der Waals surface area contributed by atoms with E-state index in [9.17, 15) is 9.59 Å². The number of fused-ring (bicyclic) bond motifs is 1. The third-order valence-corrected chi connectivity index (χ3v) is 5.04. The minimum absolute atomic E-state index is 0.0103. The minimum Gasteiger partial charge on any atom is -0.478 e. The molecular weight excluding hydrogens is 354 g/mol. The predicted octanol–water partition coefficient (Wildman–Crippen LogP) is 1.52. The minimum atomic E-state index is -0.811. The molecule has 3 rings (SSSR count). The average Bonchev–Trinajstić information content (AvgIpc) is 2.72. The van der Waals surface area contributed by atoms with Crippen LogP contribution < -0.4 is 20.3 Å². The van der Waals surface area contributed by atoms with Crippen LogP contribution in [0.5, 0.6) is 5.75 Å². The third kappa shape index (κ3) is 5.10. The smallest absolute Gasteiger partial charge is 0.266 e. The summed E-state index contributed by atoms with van der Waals surface area (Å²) in [6.07, 6.45) is -0.821. The number of rotatable bonds is 8. The summed E-state index contributed by atoms with van der Waals surface area (Å²) in [6.45, 7) is 8.04. The topological polar surface area (TPSA) is 71.9 Å². The van der Waals surface area contributed by atoms with Crippen LogP contribution in [0, 0.1) is 0 Å². The molecule has 0 aromatic heterocycles. The molecule has 3 N–H and O–H groups in total. The van der Waals surface area contributed by atoms with Crippen LogP contribution in [0.15, 0.2) is 48.5 Å². The van der Waals surface area contributed by atoms with Gasteiger partial charge in [0.05, 0.1) is 25.2 Å². The Hall–Kier alpha value is -2.86. The van der Waals surface area contributed by atoms with Crippen molar-refractivity contribution in [3.05, 3.63) is 59.7 Å². The highest BCUT2D eigenvalue weighted by Gasteiger charge is 2.29. The van der Waals surface area contributed by atoms with Crippen LogP contribution in [0.4, 0.5) is 5.69 Å². The fourth-order valence-electron chi connectivity index (χ4n) is 3.23. The van der Waals surface area contributed by atoms with E-state index in [2.05, 4.69) is 36.6 Å². The summed E-state index contributed by atoms with van der Waals surface area (Å²) in [5.41, 5.74) is 2.96. The van der Waals surface area contributed by atoms with Gasteiger partial charge in [-0.25, -0.2) is 0 Å². The number of carbonyl (C=O) groups excluding carboxylic acids is 2. The van der Waals surface area contributed by atoms with Gasteiger partial charge in [0.1, 0.15) is 12.3 Å². The van der Waals surface area contributed by atoms with Gasteiger partial charge in [0.2, 0.25) is 5.91 Å². The largest absolute Gasteiger partial charge is 0.478 e. The molecule has 2 amide bonds. The second kappa shape index (κ2) is 9.37. The first-order valence-corrected chi connectivity index (χ1v) is 9.83. The predicted molar refractivity (Wildman–Crippen MR) is 108 cm³/mol. The molecule has 0 spiro atoms. The molecule has 1 aliphatic heterocycles. The van der Waals surface area contributed by atoms with Gasteiger partial charge >= 0.3 is 0 Å². The van der Waals surface area contributed by atoms with Crippen molar-refractivity contribution in [2.24, 2.45) is 0 Å². The molecule has 0 bridgehead atoms. The zero-order valence-electron chi connectivity index (χ0n) is 16.5. The maximum Gasteiger partial charge on any atom is 0.266 e. The third-order valence-electron chi connectivity index (χ3n) is 5.04. The van der Waals surface area contributed by atoms with E-state index in [0.717, 1.165) is 25.2 Å². The van der Waals surface area contributed by atoms with Crippen LogP contribution in [0.1, 0.15) is 31.4 Å². The van der Waals surface area contributed by atoms with Gasteiger partial charge < -0.3 is 20.3 Å². The fourth-order valence-corrected chi connectivity index (χ4v) is 3.23. The quantitative estimate of drug-likeness (QED) is 0.648. The molecule has 0 saturated heterocycles. The number of quaternary nitrogens is 1. The Labute approximate surface area is 165 Å². The van der Waals surface area contributed by atoms with Gasteiger partial charge in [-0.3, -0.25) is 9.59 Å². The number of nitrogens with one attached hydrogen (secondary N) is 3. The summed E-state index contributed by atoms with van der Waals surface area (Å²) in [7, 11) is 0. The highest BCUT2D eigenvalue weighted by molar-refractivity contribution is 5.99. The number of carbonyl (C=O) groups is 2. The van der Waals surface area contributed by atoms with Gasteiger partial charge in [-0.15, -0.1) is 0 Å². The molecule has 0 radical (unpaired) electrons. The molecule has 6 nitrogen and oxygen atoms in total. The van der Waals surface area contributed by atoms with Crippen molar-refractivity contribution in [2.45, 2.75) is 39.5 Å². The highest BCUT2D eigenvalue weighted by atomic mass is 16.5. The van der Waals surface area contributed by atoms with Crippen LogP contribution in [-0.2, 0) is 22.7 Å². The molecule has 0 unspecified atom stereocenters. The number of anilines is 1. The Morgan fingerprint density at radius 1 is 1.07 bits per heavy atom. The van der Waals surface area contributed by atoms with Gasteiger partial charge in [-0.2, -0.15) is 0 Å². The van der Waals surface area contributed by atoms with E-state index in [1.54, 1.807) is 12.1 Å². The molecule has 1 atom stereocenters. The zero-order valence-corrected chi connectivity index (χ0v) is 16.5. The summed E-state index contributed by atoms with van der Waals surface area (Å²) >= 11 is 0. The molecule has 2 aromatic rings. The lowest BCUT2D eigenvalue weighted by molar-refractivity contribution is -0.910. The second-order valence-electron chi connectivity index (χ2n) is 7.02. The van der Waals surface area contributed by atoms with E-state index < -0.39 is 6.10 Å². The molecule has 0 aliphatic carbocycles. The van der Waals surface area contributed by atoms with Crippen molar-refractivity contribution < 1.29 is 19.2 Å². The standard InChI is InChI=1S/C22H27N3O3/c1-3-25(4-2)15-17-11-9-16(10-12-17)14-23-21(26)13-20-22(27)24-18-7-5-6-8-19(18)28-20/h5-12,20H,3-4,13-15H2,1-2H3,(H,23,26)(H,24,27)/p+1/t20-/m0/s1. The normalized spacial score (nSPS) is 15.5. The van der Waals surface area contributed by atoms with Crippen LogP contribution >= 0.6 is 0 Å². The summed E-state index contributed by atoms with van der Waals surface area (Å²) in [4.78, 5) is 25.9. The average molecular weight is 382 g/mol. The lowest BCUT2D eigenvalue weighted by Crippen LogP contribution is -3.10.